The maximum absolute atomic E-state index is 12.8. The molecule has 0 bridgehead atoms. The molecule has 1 aromatic heterocycles. The number of rotatable bonds is 7. The lowest BCUT2D eigenvalue weighted by Gasteiger charge is -2.24. The third-order valence-electron chi connectivity index (χ3n) is 5.24. The summed E-state index contributed by atoms with van der Waals surface area (Å²) in [5.74, 6) is 2.50. The second kappa shape index (κ2) is 9.80. The molecule has 4 rings (SSSR count). The first-order chi connectivity index (χ1) is 14.7. The summed E-state index contributed by atoms with van der Waals surface area (Å²) < 4.78 is 6.01. The van der Waals surface area contributed by atoms with Crippen LogP contribution in [0.3, 0.4) is 0 Å². The van der Waals surface area contributed by atoms with Crippen LogP contribution >= 0.6 is 11.8 Å². The molecule has 1 aliphatic heterocycles. The highest BCUT2D eigenvalue weighted by molar-refractivity contribution is 7.99. The average molecular weight is 423 g/mol. The minimum atomic E-state index is -0.371. The Hall–Kier alpha value is -2.80. The minimum Gasteiger partial charge on any atom is -0.406 e. The Morgan fingerprint density at radius 1 is 1.10 bits per heavy atom. The molecule has 1 fully saturated rings. The van der Waals surface area contributed by atoms with E-state index in [1.54, 1.807) is 0 Å². The van der Waals surface area contributed by atoms with Gasteiger partial charge in [0.05, 0.1) is 6.42 Å². The molecule has 2 aromatic carbocycles. The second-order valence-electron chi connectivity index (χ2n) is 7.44. The zero-order valence-electron chi connectivity index (χ0n) is 17.1. The molecule has 30 heavy (non-hydrogen) atoms. The maximum atomic E-state index is 12.8. The van der Waals surface area contributed by atoms with Gasteiger partial charge in [-0.05, 0) is 23.6 Å². The fourth-order valence-corrected chi connectivity index (χ4v) is 4.43. The van der Waals surface area contributed by atoms with Gasteiger partial charge in [0.25, 0.3) is 0 Å². The number of benzene rings is 2. The Bertz CT molecular complexity index is 970. The first-order valence-electron chi connectivity index (χ1n) is 10.2. The van der Waals surface area contributed by atoms with Gasteiger partial charge in [0.15, 0.2) is 0 Å². The lowest BCUT2D eigenvalue weighted by atomic mass is 10.0. The largest absolute Gasteiger partial charge is 0.406 e. The molecule has 1 amide bonds. The molecule has 2 heterocycles. The van der Waals surface area contributed by atoms with Crippen LogP contribution in [0.15, 0.2) is 59.0 Å². The van der Waals surface area contributed by atoms with Crippen LogP contribution in [0.4, 0.5) is 6.01 Å². The van der Waals surface area contributed by atoms with Crippen LogP contribution in [0.1, 0.15) is 28.6 Å². The van der Waals surface area contributed by atoms with Crippen molar-refractivity contribution >= 4 is 23.7 Å². The molecule has 6 nitrogen and oxygen atoms in total. The Morgan fingerprint density at radius 2 is 1.83 bits per heavy atom. The van der Waals surface area contributed by atoms with Gasteiger partial charge in [-0.15, -0.1) is 5.10 Å². The molecule has 0 spiro atoms. The third-order valence-corrected chi connectivity index (χ3v) is 6.18. The lowest BCUT2D eigenvalue weighted by Crippen LogP contribution is -2.33. The Labute approximate surface area is 181 Å². The van der Waals surface area contributed by atoms with Crippen molar-refractivity contribution in [3.05, 3.63) is 77.2 Å². The third kappa shape index (κ3) is 5.21. The summed E-state index contributed by atoms with van der Waals surface area (Å²) in [5, 5.41) is 11.7. The predicted molar refractivity (Wildman–Crippen MR) is 120 cm³/mol. The molecule has 3 aromatic rings. The lowest BCUT2D eigenvalue weighted by molar-refractivity contribution is -0.121. The minimum absolute atomic E-state index is 0.0562. The van der Waals surface area contributed by atoms with Crippen molar-refractivity contribution in [2.45, 2.75) is 25.8 Å². The SMILES string of the molecule is Cc1ccccc1CC(=O)N[C@@H](Cc1ccccc1)c1nnc(N2CCSCC2)o1. The van der Waals surface area contributed by atoms with Crippen LogP contribution in [0.2, 0.25) is 0 Å². The van der Waals surface area contributed by atoms with Crippen molar-refractivity contribution < 1.29 is 9.21 Å². The van der Waals surface area contributed by atoms with Gasteiger partial charge in [-0.2, -0.15) is 11.8 Å². The second-order valence-corrected chi connectivity index (χ2v) is 8.66. The Balaban J connectivity index is 1.51. The number of thioether (sulfide) groups is 1. The summed E-state index contributed by atoms with van der Waals surface area (Å²) in [6.45, 7) is 3.82. The number of carbonyl (C=O) groups is 1. The van der Waals surface area contributed by atoms with Crippen LogP contribution < -0.4 is 10.2 Å². The fourth-order valence-electron chi connectivity index (χ4n) is 3.53. The molecule has 7 heteroatoms. The number of hydrogen-bond donors (Lipinski definition) is 1. The topological polar surface area (TPSA) is 71.3 Å². The zero-order chi connectivity index (χ0) is 20.8. The molecule has 1 atom stereocenters. The quantitative estimate of drug-likeness (QED) is 0.628. The van der Waals surface area contributed by atoms with Crippen LogP contribution in [-0.4, -0.2) is 40.7 Å². The maximum Gasteiger partial charge on any atom is 0.318 e. The fraction of sp³-hybridized carbons (Fsp3) is 0.348. The molecule has 0 aliphatic carbocycles. The van der Waals surface area contributed by atoms with E-state index in [1.165, 1.54) is 0 Å². The summed E-state index contributed by atoms with van der Waals surface area (Å²) in [6, 6.07) is 18.2. The molecule has 1 aliphatic rings. The number of hydrogen-bond acceptors (Lipinski definition) is 6. The number of amides is 1. The summed E-state index contributed by atoms with van der Waals surface area (Å²) in [6.07, 6.45) is 0.917. The van der Waals surface area contributed by atoms with Gasteiger partial charge < -0.3 is 14.6 Å². The van der Waals surface area contributed by atoms with E-state index in [1.807, 2.05) is 73.3 Å². The Morgan fingerprint density at radius 3 is 2.60 bits per heavy atom. The van der Waals surface area contributed by atoms with Crippen LogP contribution in [0.25, 0.3) is 0 Å². The molecule has 1 N–H and O–H groups in total. The smallest absolute Gasteiger partial charge is 0.318 e. The highest BCUT2D eigenvalue weighted by atomic mass is 32.2. The van der Waals surface area contributed by atoms with E-state index in [0.29, 0.717) is 24.7 Å². The molecule has 1 saturated heterocycles. The van der Waals surface area contributed by atoms with Gasteiger partial charge in [0, 0.05) is 31.0 Å². The summed E-state index contributed by atoms with van der Waals surface area (Å²) in [7, 11) is 0. The van der Waals surface area contributed by atoms with Crippen molar-refractivity contribution in [2.75, 3.05) is 29.5 Å². The number of anilines is 1. The summed E-state index contributed by atoms with van der Waals surface area (Å²) >= 11 is 1.93. The average Bonchev–Trinajstić information content (AvgIpc) is 3.27. The van der Waals surface area contributed by atoms with E-state index in [9.17, 15) is 4.79 Å². The zero-order valence-corrected chi connectivity index (χ0v) is 17.9. The highest BCUT2D eigenvalue weighted by Crippen LogP contribution is 2.23. The van der Waals surface area contributed by atoms with Crippen molar-refractivity contribution in [3.63, 3.8) is 0 Å². The van der Waals surface area contributed by atoms with Gasteiger partial charge in [-0.1, -0.05) is 59.7 Å². The molecular weight excluding hydrogens is 396 g/mol. The van der Waals surface area contributed by atoms with E-state index in [4.69, 9.17) is 4.42 Å². The molecule has 0 radical (unpaired) electrons. The molecule has 0 saturated carbocycles. The number of nitrogens with zero attached hydrogens (tertiary/aromatic N) is 3. The van der Waals surface area contributed by atoms with E-state index in [2.05, 4.69) is 20.4 Å². The van der Waals surface area contributed by atoms with Crippen LogP contribution in [-0.2, 0) is 17.6 Å². The normalized spacial score (nSPS) is 15.0. The van der Waals surface area contributed by atoms with Crippen molar-refractivity contribution in [3.8, 4) is 0 Å². The molecule has 156 valence electrons. The van der Waals surface area contributed by atoms with Crippen molar-refractivity contribution in [2.24, 2.45) is 0 Å². The van der Waals surface area contributed by atoms with Crippen molar-refractivity contribution in [1.29, 1.82) is 0 Å². The van der Waals surface area contributed by atoms with Gasteiger partial charge in [-0.3, -0.25) is 4.79 Å². The van der Waals surface area contributed by atoms with Gasteiger partial charge >= 0.3 is 6.01 Å². The molecular formula is C23H26N4O2S. The highest BCUT2D eigenvalue weighted by Gasteiger charge is 2.24. The number of aromatic nitrogens is 2. The predicted octanol–water partition coefficient (Wildman–Crippen LogP) is 3.57. The monoisotopic (exact) mass is 422 g/mol. The van der Waals surface area contributed by atoms with E-state index in [-0.39, 0.29) is 11.9 Å². The van der Waals surface area contributed by atoms with Crippen LogP contribution in [0, 0.1) is 6.92 Å². The molecule has 0 unspecified atom stereocenters. The standard InChI is InChI=1S/C23H26N4O2S/c1-17-7-5-6-10-19(17)16-21(28)24-20(15-18-8-3-2-4-9-18)22-25-26-23(29-22)27-11-13-30-14-12-27/h2-10,20H,11-16H2,1H3,(H,24,28)/t20-/m0/s1. The van der Waals surface area contributed by atoms with Crippen molar-refractivity contribution in [1.82, 2.24) is 15.5 Å². The first-order valence-corrected chi connectivity index (χ1v) is 11.4. The summed E-state index contributed by atoms with van der Waals surface area (Å²) in [5.41, 5.74) is 3.23. The number of carbonyl (C=O) groups excluding carboxylic acids is 1. The number of nitrogens with one attached hydrogen (secondary N) is 1. The van der Waals surface area contributed by atoms with Gasteiger partial charge in [0.1, 0.15) is 6.04 Å². The Kier molecular flexibility index (Phi) is 6.69. The number of aryl methyl sites for hydroxylation is 1. The summed E-state index contributed by atoms with van der Waals surface area (Å²) in [4.78, 5) is 14.9. The first kappa shape index (κ1) is 20.5. The van der Waals surface area contributed by atoms with Gasteiger partial charge in [-0.25, -0.2) is 0 Å². The van der Waals surface area contributed by atoms with E-state index in [0.717, 1.165) is 41.3 Å². The van der Waals surface area contributed by atoms with Gasteiger partial charge in [0.2, 0.25) is 11.8 Å². The van der Waals surface area contributed by atoms with E-state index >= 15 is 0 Å². The van der Waals surface area contributed by atoms with Crippen LogP contribution in [0.5, 0.6) is 0 Å². The van der Waals surface area contributed by atoms with E-state index < -0.39 is 0 Å².